The van der Waals surface area contributed by atoms with E-state index in [1.165, 1.54) is 11.1 Å². The first-order valence-electron chi connectivity index (χ1n) is 5.36. The highest BCUT2D eigenvalue weighted by Crippen LogP contribution is 2.31. The van der Waals surface area contributed by atoms with Crippen molar-refractivity contribution in [1.29, 1.82) is 0 Å². The van der Waals surface area contributed by atoms with Gasteiger partial charge in [-0.15, -0.1) is 10.2 Å². The number of nitrogens with two attached hydrogens (primary N) is 1. The second kappa shape index (κ2) is 4.41. The summed E-state index contributed by atoms with van der Waals surface area (Å²) in [6, 6.07) is 7.63. The fourth-order valence-corrected chi connectivity index (χ4v) is 1.64. The van der Waals surface area contributed by atoms with E-state index < -0.39 is 0 Å². The minimum Gasteiger partial charge on any atom is -0.496 e. The molecule has 0 fully saturated rings. The number of aryl methyl sites for hydroxylation is 2. The van der Waals surface area contributed by atoms with E-state index in [0.29, 0.717) is 5.82 Å². The van der Waals surface area contributed by atoms with E-state index in [0.717, 1.165) is 17.0 Å². The van der Waals surface area contributed by atoms with Crippen molar-refractivity contribution < 1.29 is 4.74 Å². The van der Waals surface area contributed by atoms with Crippen LogP contribution < -0.4 is 10.5 Å². The van der Waals surface area contributed by atoms with Crippen molar-refractivity contribution in [3.63, 3.8) is 0 Å². The van der Waals surface area contributed by atoms with E-state index in [2.05, 4.69) is 24.0 Å². The first kappa shape index (κ1) is 11.4. The first-order chi connectivity index (χ1) is 8.11. The number of aromatic nitrogens is 2. The molecule has 0 aliphatic rings. The lowest BCUT2D eigenvalue weighted by Crippen LogP contribution is -1.97. The number of hydrogen-bond donors (Lipinski definition) is 1. The number of nitrogens with zero attached hydrogens (tertiary/aromatic N) is 2. The number of methoxy groups -OCH3 is 1. The van der Waals surface area contributed by atoms with Gasteiger partial charge in [-0.1, -0.05) is 0 Å². The van der Waals surface area contributed by atoms with Gasteiger partial charge in [0.2, 0.25) is 0 Å². The summed E-state index contributed by atoms with van der Waals surface area (Å²) in [7, 11) is 1.65. The summed E-state index contributed by atoms with van der Waals surface area (Å²) in [4.78, 5) is 0. The molecule has 0 atom stereocenters. The third-order valence-electron chi connectivity index (χ3n) is 2.78. The summed E-state index contributed by atoms with van der Waals surface area (Å²) in [6.45, 7) is 4.11. The molecule has 0 spiro atoms. The molecule has 0 bridgehead atoms. The SMILES string of the molecule is COc1cc(C)c(C)cc1-c1ccc(N)nn1. The highest BCUT2D eigenvalue weighted by molar-refractivity contribution is 5.69. The Morgan fingerprint density at radius 1 is 1.06 bits per heavy atom. The van der Waals surface area contributed by atoms with Crippen LogP contribution in [0, 0.1) is 13.8 Å². The Balaban J connectivity index is 2.57. The van der Waals surface area contributed by atoms with Crippen LogP contribution >= 0.6 is 0 Å². The van der Waals surface area contributed by atoms with Crippen LogP contribution in [0.15, 0.2) is 24.3 Å². The maximum Gasteiger partial charge on any atom is 0.146 e. The molecule has 0 saturated heterocycles. The van der Waals surface area contributed by atoms with Crippen LogP contribution in [0.5, 0.6) is 5.75 Å². The van der Waals surface area contributed by atoms with E-state index in [4.69, 9.17) is 10.5 Å². The molecule has 2 rings (SSSR count). The fourth-order valence-electron chi connectivity index (χ4n) is 1.64. The van der Waals surface area contributed by atoms with Gasteiger partial charge in [0.15, 0.2) is 0 Å². The van der Waals surface area contributed by atoms with Crippen LogP contribution in [0.25, 0.3) is 11.3 Å². The van der Waals surface area contributed by atoms with E-state index >= 15 is 0 Å². The predicted molar refractivity (Wildman–Crippen MR) is 67.9 cm³/mol. The third kappa shape index (κ3) is 2.20. The quantitative estimate of drug-likeness (QED) is 0.858. The maximum absolute atomic E-state index is 5.52. The Kier molecular flexibility index (Phi) is 2.95. The second-order valence-corrected chi connectivity index (χ2v) is 3.98. The van der Waals surface area contributed by atoms with Gasteiger partial charge >= 0.3 is 0 Å². The molecule has 0 aliphatic carbocycles. The molecule has 4 nitrogen and oxygen atoms in total. The maximum atomic E-state index is 5.52. The molecule has 2 N–H and O–H groups in total. The molecule has 0 amide bonds. The molecule has 2 aromatic rings. The summed E-state index contributed by atoms with van der Waals surface area (Å²) in [5.41, 5.74) is 9.60. The van der Waals surface area contributed by atoms with Gasteiger partial charge in [0.05, 0.1) is 12.8 Å². The van der Waals surface area contributed by atoms with Crippen molar-refractivity contribution in [1.82, 2.24) is 10.2 Å². The Hall–Kier alpha value is -2.10. The molecule has 17 heavy (non-hydrogen) atoms. The van der Waals surface area contributed by atoms with Gasteiger partial charge in [0.25, 0.3) is 0 Å². The van der Waals surface area contributed by atoms with Crippen molar-refractivity contribution in [3.05, 3.63) is 35.4 Å². The molecule has 1 aromatic carbocycles. The average molecular weight is 229 g/mol. The largest absolute Gasteiger partial charge is 0.496 e. The zero-order valence-electron chi connectivity index (χ0n) is 10.2. The minimum atomic E-state index is 0.413. The Morgan fingerprint density at radius 3 is 2.35 bits per heavy atom. The summed E-state index contributed by atoms with van der Waals surface area (Å²) < 4.78 is 5.37. The smallest absolute Gasteiger partial charge is 0.146 e. The van der Waals surface area contributed by atoms with Gasteiger partial charge in [-0.05, 0) is 49.2 Å². The zero-order chi connectivity index (χ0) is 12.4. The molecule has 1 aromatic heterocycles. The lowest BCUT2D eigenvalue weighted by Gasteiger charge is -2.10. The minimum absolute atomic E-state index is 0.413. The molecule has 4 heteroatoms. The van der Waals surface area contributed by atoms with Gasteiger partial charge in [0.1, 0.15) is 11.6 Å². The van der Waals surface area contributed by atoms with Crippen LogP contribution in [0.1, 0.15) is 11.1 Å². The van der Waals surface area contributed by atoms with Crippen molar-refractivity contribution in [2.75, 3.05) is 12.8 Å². The summed E-state index contributed by atoms with van der Waals surface area (Å²) in [5.74, 6) is 1.21. The Labute approximate surface area is 100 Å². The molecule has 88 valence electrons. The number of nitrogen functional groups attached to an aromatic ring is 1. The fraction of sp³-hybridized carbons (Fsp3) is 0.231. The second-order valence-electron chi connectivity index (χ2n) is 3.98. The highest BCUT2D eigenvalue weighted by Gasteiger charge is 2.09. The summed E-state index contributed by atoms with van der Waals surface area (Å²) in [5, 5.41) is 7.93. The van der Waals surface area contributed by atoms with Crippen molar-refractivity contribution in [2.45, 2.75) is 13.8 Å². The third-order valence-corrected chi connectivity index (χ3v) is 2.78. The summed E-state index contributed by atoms with van der Waals surface area (Å²) in [6.07, 6.45) is 0. The molecule has 0 aliphatic heterocycles. The van der Waals surface area contributed by atoms with Crippen molar-refractivity contribution in [2.24, 2.45) is 0 Å². The van der Waals surface area contributed by atoms with E-state index in [1.807, 2.05) is 18.2 Å². The standard InChI is InChI=1S/C13H15N3O/c1-8-6-10(12(17-3)7-9(8)2)11-4-5-13(14)16-15-11/h4-7H,1-3H3,(H2,14,16). The van der Waals surface area contributed by atoms with Gasteiger partial charge < -0.3 is 10.5 Å². The number of hydrogen-bond acceptors (Lipinski definition) is 4. The van der Waals surface area contributed by atoms with Crippen LogP contribution in [-0.4, -0.2) is 17.3 Å². The molecule has 0 unspecified atom stereocenters. The molecular formula is C13H15N3O. The zero-order valence-corrected chi connectivity index (χ0v) is 10.2. The lowest BCUT2D eigenvalue weighted by atomic mass is 10.0. The van der Waals surface area contributed by atoms with Gasteiger partial charge in [-0.25, -0.2) is 0 Å². The predicted octanol–water partition coefficient (Wildman–Crippen LogP) is 2.35. The van der Waals surface area contributed by atoms with Gasteiger partial charge in [-0.3, -0.25) is 0 Å². The van der Waals surface area contributed by atoms with Crippen LogP contribution in [0.3, 0.4) is 0 Å². The van der Waals surface area contributed by atoms with Crippen LogP contribution in [-0.2, 0) is 0 Å². The molecule has 0 radical (unpaired) electrons. The molecular weight excluding hydrogens is 214 g/mol. The monoisotopic (exact) mass is 229 g/mol. The Morgan fingerprint density at radius 2 is 1.76 bits per heavy atom. The first-order valence-corrected chi connectivity index (χ1v) is 5.36. The van der Waals surface area contributed by atoms with Crippen LogP contribution in [0.4, 0.5) is 5.82 Å². The number of ether oxygens (including phenoxy) is 1. The summed E-state index contributed by atoms with van der Waals surface area (Å²) >= 11 is 0. The highest BCUT2D eigenvalue weighted by atomic mass is 16.5. The van der Waals surface area contributed by atoms with Crippen molar-refractivity contribution >= 4 is 5.82 Å². The van der Waals surface area contributed by atoms with Gasteiger partial charge in [0, 0.05) is 5.56 Å². The number of rotatable bonds is 2. The average Bonchev–Trinajstić information content (AvgIpc) is 2.33. The van der Waals surface area contributed by atoms with Crippen LogP contribution in [0.2, 0.25) is 0 Å². The van der Waals surface area contributed by atoms with E-state index in [1.54, 1.807) is 13.2 Å². The Bertz CT molecular complexity index is 535. The molecule has 0 saturated carbocycles. The molecule has 1 heterocycles. The number of anilines is 1. The van der Waals surface area contributed by atoms with E-state index in [-0.39, 0.29) is 0 Å². The normalized spacial score (nSPS) is 10.3. The topological polar surface area (TPSA) is 61.0 Å². The van der Waals surface area contributed by atoms with E-state index in [9.17, 15) is 0 Å². The van der Waals surface area contributed by atoms with Crippen molar-refractivity contribution in [3.8, 4) is 17.0 Å². The van der Waals surface area contributed by atoms with Gasteiger partial charge in [-0.2, -0.15) is 0 Å². The lowest BCUT2D eigenvalue weighted by molar-refractivity contribution is 0.416. The number of benzene rings is 1.